The van der Waals surface area contributed by atoms with E-state index in [4.69, 9.17) is 4.74 Å². The Kier molecular flexibility index (Phi) is 4.67. The van der Waals surface area contributed by atoms with Crippen molar-refractivity contribution in [1.82, 2.24) is 9.62 Å². The summed E-state index contributed by atoms with van der Waals surface area (Å²) in [5, 5.41) is 3.20. The smallest absolute Gasteiger partial charge is 0.246 e. The molecule has 6 heteroatoms. The molecule has 1 N–H and O–H groups in total. The standard InChI is InChI=1S/C14H22N2O3S/c1-4-15-10-11-5-8-13(19-3)14(9-11)20(17,18)16(2)12-6-7-12/h5,8-9,12,15H,4,6-7,10H2,1-3H3. The summed E-state index contributed by atoms with van der Waals surface area (Å²) in [5.74, 6) is 0.401. The van der Waals surface area contributed by atoms with Crippen LogP contribution in [0.5, 0.6) is 5.75 Å². The molecule has 0 heterocycles. The zero-order valence-corrected chi connectivity index (χ0v) is 13.0. The Morgan fingerprint density at radius 2 is 2.10 bits per heavy atom. The molecule has 20 heavy (non-hydrogen) atoms. The highest BCUT2D eigenvalue weighted by atomic mass is 32.2. The van der Waals surface area contributed by atoms with E-state index < -0.39 is 10.0 Å². The van der Waals surface area contributed by atoms with Crippen LogP contribution in [0.25, 0.3) is 0 Å². The van der Waals surface area contributed by atoms with Crippen molar-refractivity contribution in [1.29, 1.82) is 0 Å². The molecule has 0 atom stereocenters. The minimum atomic E-state index is -3.49. The minimum absolute atomic E-state index is 0.141. The molecule has 1 fully saturated rings. The second-order valence-electron chi connectivity index (χ2n) is 5.02. The van der Waals surface area contributed by atoms with Crippen molar-refractivity contribution in [3.63, 3.8) is 0 Å². The Hall–Kier alpha value is -1.11. The molecule has 1 saturated carbocycles. The van der Waals surface area contributed by atoms with E-state index in [2.05, 4.69) is 5.32 Å². The first-order chi connectivity index (χ1) is 9.50. The van der Waals surface area contributed by atoms with Crippen LogP contribution in [-0.2, 0) is 16.6 Å². The quantitative estimate of drug-likeness (QED) is 0.830. The molecule has 0 bridgehead atoms. The van der Waals surface area contributed by atoms with Gasteiger partial charge in [0, 0.05) is 19.6 Å². The number of sulfonamides is 1. The average Bonchev–Trinajstić information content (AvgIpc) is 3.28. The van der Waals surface area contributed by atoms with E-state index in [1.165, 1.54) is 11.4 Å². The number of nitrogens with zero attached hydrogens (tertiary/aromatic N) is 1. The summed E-state index contributed by atoms with van der Waals surface area (Å²) in [7, 11) is -0.348. The highest BCUT2D eigenvalue weighted by Gasteiger charge is 2.36. The van der Waals surface area contributed by atoms with Crippen LogP contribution in [0, 0.1) is 0 Å². The second kappa shape index (κ2) is 6.11. The van der Waals surface area contributed by atoms with Crippen LogP contribution in [0.2, 0.25) is 0 Å². The molecule has 0 radical (unpaired) electrons. The molecule has 1 aliphatic rings. The van der Waals surface area contributed by atoms with E-state index >= 15 is 0 Å². The summed E-state index contributed by atoms with van der Waals surface area (Å²) in [4.78, 5) is 0.254. The fourth-order valence-corrected chi connectivity index (χ4v) is 3.71. The van der Waals surface area contributed by atoms with Crippen molar-refractivity contribution in [2.45, 2.75) is 37.2 Å². The molecule has 0 aromatic heterocycles. The number of hydrogen-bond donors (Lipinski definition) is 1. The van der Waals surface area contributed by atoms with Crippen LogP contribution < -0.4 is 10.1 Å². The lowest BCUT2D eigenvalue weighted by Gasteiger charge is -2.19. The van der Waals surface area contributed by atoms with Gasteiger partial charge < -0.3 is 10.1 Å². The summed E-state index contributed by atoms with van der Waals surface area (Å²) in [5.41, 5.74) is 0.940. The van der Waals surface area contributed by atoms with Gasteiger partial charge in [-0.3, -0.25) is 0 Å². The van der Waals surface area contributed by atoms with Crippen LogP contribution in [0.15, 0.2) is 23.1 Å². The summed E-state index contributed by atoms with van der Waals surface area (Å²) >= 11 is 0. The molecule has 112 valence electrons. The Bertz CT molecular complexity index is 568. The van der Waals surface area contributed by atoms with Gasteiger partial charge in [-0.15, -0.1) is 0 Å². The summed E-state index contributed by atoms with van der Waals surface area (Å²) in [6, 6.07) is 5.45. The predicted octanol–water partition coefficient (Wildman–Crippen LogP) is 1.59. The highest BCUT2D eigenvalue weighted by molar-refractivity contribution is 7.89. The van der Waals surface area contributed by atoms with E-state index in [-0.39, 0.29) is 10.9 Å². The third-order valence-corrected chi connectivity index (χ3v) is 5.46. The fourth-order valence-electron chi connectivity index (χ4n) is 2.09. The number of rotatable bonds is 7. The van der Waals surface area contributed by atoms with Crippen molar-refractivity contribution in [3.8, 4) is 5.75 Å². The van der Waals surface area contributed by atoms with E-state index in [0.29, 0.717) is 12.3 Å². The average molecular weight is 298 g/mol. The molecule has 2 rings (SSSR count). The zero-order valence-electron chi connectivity index (χ0n) is 12.2. The van der Waals surface area contributed by atoms with Crippen molar-refractivity contribution in [2.24, 2.45) is 0 Å². The number of hydrogen-bond acceptors (Lipinski definition) is 4. The second-order valence-corrected chi connectivity index (χ2v) is 6.98. The van der Waals surface area contributed by atoms with Gasteiger partial charge in [0.05, 0.1) is 7.11 Å². The van der Waals surface area contributed by atoms with Crippen LogP contribution in [0.3, 0.4) is 0 Å². The summed E-state index contributed by atoms with van der Waals surface area (Å²) < 4.78 is 32.0. The summed E-state index contributed by atoms with van der Waals surface area (Å²) in [6.45, 7) is 3.51. The molecule has 1 aliphatic carbocycles. The lowest BCUT2D eigenvalue weighted by Crippen LogP contribution is -2.29. The molecule has 5 nitrogen and oxygen atoms in total. The van der Waals surface area contributed by atoms with Gasteiger partial charge in [0.25, 0.3) is 0 Å². The van der Waals surface area contributed by atoms with Crippen molar-refractivity contribution < 1.29 is 13.2 Å². The molecule has 0 amide bonds. The maximum Gasteiger partial charge on any atom is 0.246 e. The molecule has 0 spiro atoms. The third-order valence-electron chi connectivity index (χ3n) is 3.53. The molecule has 0 unspecified atom stereocenters. The number of nitrogens with one attached hydrogen (secondary N) is 1. The van der Waals surface area contributed by atoms with Crippen LogP contribution in [0.4, 0.5) is 0 Å². The molecular weight excluding hydrogens is 276 g/mol. The van der Waals surface area contributed by atoms with Crippen molar-refractivity contribution >= 4 is 10.0 Å². The monoisotopic (exact) mass is 298 g/mol. The molecule has 0 aliphatic heterocycles. The van der Waals surface area contributed by atoms with Gasteiger partial charge in [-0.25, -0.2) is 8.42 Å². The largest absolute Gasteiger partial charge is 0.495 e. The van der Waals surface area contributed by atoms with Gasteiger partial charge in [-0.2, -0.15) is 4.31 Å². The fraction of sp³-hybridized carbons (Fsp3) is 0.571. The number of methoxy groups -OCH3 is 1. The lowest BCUT2D eigenvalue weighted by molar-refractivity contribution is 0.397. The molecule has 0 saturated heterocycles. The van der Waals surface area contributed by atoms with Gasteiger partial charge in [0.1, 0.15) is 10.6 Å². The minimum Gasteiger partial charge on any atom is -0.495 e. The number of ether oxygens (including phenoxy) is 1. The maximum absolute atomic E-state index is 12.6. The Balaban J connectivity index is 2.36. The molecular formula is C14H22N2O3S. The Morgan fingerprint density at radius 1 is 1.40 bits per heavy atom. The first-order valence-corrected chi connectivity index (χ1v) is 8.30. The van der Waals surface area contributed by atoms with Crippen LogP contribution in [-0.4, -0.2) is 39.5 Å². The van der Waals surface area contributed by atoms with Crippen molar-refractivity contribution in [2.75, 3.05) is 20.7 Å². The van der Waals surface area contributed by atoms with E-state index in [1.54, 1.807) is 19.2 Å². The van der Waals surface area contributed by atoms with Gasteiger partial charge in [0.15, 0.2) is 0 Å². The van der Waals surface area contributed by atoms with Gasteiger partial charge >= 0.3 is 0 Å². The SMILES string of the molecule is CCNCc1ccc(OC)c(S(=O)(=O)N(C)C2CC2)c1. The van der Waals surface area contributed by atoms with Gasteiger partial charge in [-0.1, -0.05) is 13.0 Å². The van der Waals surface area contributed by atoms with Gasteiger partial charge in [-0.05, 0) is 37.1 Å². The van der Waals surface area contributed by atoms with Gasteiger partial charge in [0.2, 0.25) is 10.0 Å². The molecule has 1 aromatic carbocycles. The normalized spacial score (nSPS) is 15.6. The van der Waals surface area contributed by atoms with Crippen molar-refractivity contribution in [3.05, 3.63) is 23.8 Å². The Labute approximate surface area is 121 Å². The first-order valence-electron chi connectivity index (χ1n) is 6.86. The highest BCUT2D eigenvalue weighted by Crippen LogP contribution is 2.34. The third kappa shape index (κ3) is 3.13. The van der Waals surface area contributed by atoms with E-state index in [0.717, 1.165) is 24.9 Å². The number of benzene rings is 1. The topological polar surface area (TPSA) is 58.6 Å². The first kappa shape index (κ1) is 15.3. The predicted molar refractivity (Wildman–Crippen MR) is 78.3 cm³/mol. The Morgan fingerprint density at radius 3 is 2.65 bits per heavy atom. The van der Waals surface area contributed by atoms with E-state index in [9.17, 15) is 8.42 Å². The molecule has 1 aromatic rings. The summed E-state index contributed by atoms with van der Waals surface area (Å²) in [6.07, 6.45) is 1.88. The lowest BCUT2D eigenvalue weighted by atomic mass is 10.2. The van der Waals surface area contributed by atoms with Crippen LogP contribution >= 0.6 is 0 Å². The van der Waals surface area contributed by atoms with E-state index in [1.807, 2.05) is 13.0 Å². The zero-order chi connectivity index (χ0) is 14.8. The van der Waals surface area contributed by atoms with Crippen LogP contribution in [0.1, 0.15) is 25.3 Å². The maximum atomic E-state index is 12.6.